The molecule has 0 bridgehead atoms. The summed E-state index contributed by atoms with van der Waals surface area (Å²) in [6.45, 7) is 8.09. The Kier molecular flexibility index (Phi) is 8.51. The van der Waals surface area contributed by atoms with Crippen LogP contribution in [0.4, 0.5) is 0 Å². The second kappa shape index (κ2) is 11.3. The predicted octanol–water partition coefficient (Wildman–Crippen LogP) is 4.10. The third-order valence-corrected chi connectivity index (χ3v) is 3.75. The lowest BCUT2D eigenvalue weighted by Gasteiger charge is -2.09. The minimum absolute atomic E-state index is 0.0638. The zero-order chi connectivity index (χ0) is 22.8. The van der Waals surface area contributed by atoms with Gasteiger partial charge in [0.05, 0.1) is 0 Å². The average Bonchev–Trinajstić information content (AvgIpc) is 2.75. The van der Waals surface area contributed by atoms with Gasteiger partial charge in [0.15, 0.2) is 0 Å². The van der Waals surface area contributed by atoms with Gasteiger partial charge in [-0.2, -0.15) is 0 Å². The highest BCUT2D eigenvalue weighted by molar-refractivity contribution is 6.45. The number of carbonyl (C=O) groups excluding carboxylic acids is 3. The van der Waals surface area contributed by atoms with Crippen molar-refractivity contribution in [3.63, 3.8) is 0 Å². The summed E-state index contributed by atoms with van der Waals surface area (Å²) in [6.07, 6.45) is 0. The average molecular weight is 425 g/mol. The molecule has 0 saturated heterocycles. The molecular weight excluding hydrogens is 402 g/mol. The van der Waals surface area contributed by atoms with Crippen LogP contribution in [0.3, 0.4) is 0 Å². The molecule has 162 valence electrons. The fraction of sp³-hybridized carbons (Fsp3) is 0.217. The number of Topliss-reactive ketones (excluding diaryl/α,β-unsaturated/α-hetero) is 1. The lowest BCUT2D eigenvalue weighted by molar-refractivity contribution is -0.141. The minimum atomic E-state index is -0.599. The first-order chi connectivity index (χ1) is 14.8. The number of oxime groups is 1. The van der Waals surface area contributed by atoms with E-state index >= 15 is 0 Å². The molecule has 2 aromatic rings. The van der Waals surface area contributed by atoms with E-state index in [0.717, 1.165) is 0 Å². The number of ketones is 1. The third kappa shape index (κ3) is 7.77. The molecular formula is C23H23NO7. The smallest absolute Gasteiger partial charge is 0.333 e. The van der Waals surface area contributed by atoms with Crippen molar-refractivity contribution >= 4 is 23.4 Å². The Hall–Kier alpha value is -3.94. The number of hydrogen-bond donors (Lipinski definition) is 0. The molecule has 0 saturated carbocycles. The Bertz CT molecular complexity index is 976. The monoisotopic (exact) mass is 425 g/mol. The number of carbonyl (C=O) groups is 3. The van der Waals surface area contributed by atoms with E-state index in [0.29, 0.717) is 28.4 Å². The molecule has 0 aliphatic carbocycles. The molecule has 0 heterocycles. The van der Waals surface area contributed by atoms with Crippen LogP contribution in [0.1, 0.15) is 31.1 Å². The summed E-state index contributed by atoms with van der Waals surface area (Å²) in [5, 5.41) is 3.49. The second-order valence-electron chi connectivity index (χ2n) is 6.45. The van der Waals surface area contributed by atoms with E-state index in [1.165, 1.54) is 13.8 Å². The standard InChI is InChI=1S/C23H23NO7/c1-15(2)23(27)29-14-13-28-19-9-11-21(12-10-19)30-20-7-5-18(6-8-20)22(26)16(3)24-31-17(4)25/h5-12H,1,13-14H2,2-4H3/b24-16+. The molecule has 0 atom stereocenters. The topological polar surface area (TPSA) is 100 Å². The maximum absolute atomic E-state index is 12.2. The van der Waals surface area contributed by atoms with E-state index in [2.05, 4.69) is 16.6 Å². The molecule has 8 nitrogen and oxygen atoms in total. The Morgan fingerprint density at radius 1 is 0.839 bits per heavy atom. The molecule has 0 aliphatic rings. The van der Waals surface area contributed by atoms with Crippen LogP contribution in [-0.4, -0.2) is 36.6 Å². The predicted molar refractivity (Wildman–Crippen MR) is 113 cm³/mol. The molecule has 2 rings (SSSR count). The van der Waals surface area contributed by atoms with Crippen molar-refractivity contribution in [2.24, 2.45) is 5.16 Å². The highest BCUT2D eigenvalue weighted by Gasteiger charge is 2.11. The molecule has 31 heavy (non-hydrogen) atoms. The van der Waals surface area contributed by atoms with Crippen molar-refractivity contribution in [2.45, 2.75) is 20.8 Å². The molecule has 0 aromatic heterocycles. The summed E-state index contributed by atoms with van der Waals surface area (Å²) in [5.74, 6) is 0.301. The van der Waals surface area contributed by atoms with Crippen molar-refractivity contribution in [1.82, 2.24) is 0 Å². The SMILES string of the molecule is C=C(C)C(=O)OCCOc1ccc(Oc2ccc(C(=O)/C(C)=N/OC(C)=O)cc2)cc1. The van der Waals surface area contributed by atoms with Gasteiger partial charge < -0.3 is 19.0 Å². The van der Waals surface area contributed by atoms with E-state index in [4.69, 9.17) is 14.2 Å². The van der Waals surface area contributed by atoms with Crippen molar-refractivity contribution in [2.75, 3.05) is 13.2 Å². The van der Waals surface area contributed by atoms with Gasteiger partial charge in [-0.1, -0.05) is 11.7 Å². The summed E-state index contributed by atoms with van der Waals surface area (Å²) in [6, 6.07) is 13.4. The summed E-state index contributed by atoms with van der Waals surface area (Å²) in [7, 11) is 0. The minimum Gasteiger partial charge on any atom is -0.490 e. The Morgan fingerprint density at radius 2 is 1.39 bits per heavy atom. The molecule has 0 amide bonds. The number of ether oxygens (including phenoxy) is 3. The number of esters is 1. The van der Waals surface area contributed by atoms with Gasteiger partial charge in [0.25, 0.3) is 0 Å². The van der Waals surface area contributed by atoms with Crippen molar-refractivity contribution in [3.8, 4) is 17.2 Å². The van der Waals surface area contributed by atoms with Crippen molar-refractivity contribution in [1.29, 1.82) is 0 Å². The van der Waals surface area contributed by atoms with Gasteiger partial charge in [0.2, 0.25) is 5.78 Å². The fourth-order valence-electron chi connectivity index (χ4n) is 2.21. The zero-order valence-electron chi connectivity index (χ0n) is 17.5. The molecule has 0 N–H and O–H groups in total. The summed E-state index contributed by atoms with van der Waals surface area (Å²) in [4.78, 5) is 38.8. The molecule has 0 fully saturated rings. The van der Waals surface area contributed by atoms with Crippen LogP contribution in [0.15, 0.2) is 65.8 Å². The lowest BCUT2D eigenvalue weighted by atomic mass is 10.1. The lowest BCUT2D eigenvalue weighted by Crippen LogP contribution is -2.12. The first kappa shape index (κ1) is 23.3. The number of nitrogens with zero attached hydrogens (tertiary/aromatic N) is 1. The van der Waals surface area contributed by atoms with Crippen LogP contribution in [0.5, 0.6) is 17.2 Å². The van der Waals surface area contributed by atoms with Crippen molar-refractivity contribution < 1.29 is 33.4 Å². The van der Waals surface area contributed by atoms with Crippen LogP contribution in [0.25, 0.3) is 0 Å². The molecule has 0 radical (unpaired) electrons. The largest absolute Gasteiger partial charge is 0.490 e. The molecule has 2 aromatic carbocycles. The molecule has 0 unspecified atom stereocenters. The maximum Gasteiger partial charge on any atom is 0.333 e. The maximum atomic E-state index is 12.2. The summed E-state index contributed by atoms with van der Waals surface area (Å²) < 4.78 is 16.2. The highest BCUT2D eigenvalue weighted by Crippen LogP contribution is 2.24. The van der Waals surface area contributed by atoms with E-state index in [1.807, 2.05) is 0 Å². The van der Waals surface area contributed by atoms with Gasteiger partial charge in [-0.25, -0.2) is 9.59 Å². The van der Waals surface area contributed by atoms with Crippen LogP contribution >= 0.6 is 0 Å². The van der Waals surface area contributed by atoms with E-state index < -0.39 is 11.9 Å². The van der Waals surface area contributed by atoms with E-state index in [-0.39, 0.29) is 24.7 Å². The first-order valence-electron chi connectivity index (χ1n) is 9.36. The highest BCUT2D eigenvalue weighted by atomic mass is 16.7. The Morgan fingerprint density at radius 3 is 1.94 bits per heavy atom. The van der Waals surface area contributed by atoms with Crippen molar-refractivity contribution in [3.05, 3.63) is 66.2 Å². The third-order valence-electron chi connectivity index (χ3n) is 3.75. The fourth-order valence-corrected chi connectivity index (χ4v) is 2.21. The van der Waals surface area contributed by atoms with Crippen LogP contribution < -0.4 is 9.47 Å². The van der Waals surface area contributed by atoms with Gasteiger partial charge in [0, 0.05) is 18.1 Å². The van der Waals surface area contributed by atoms with Gasteiger partial charge in [-0.05, 0) is 62.4 Å². The molecule has 8 heteroatoms. The quantitative estimate of drug-likeness (QED) is 0.107. The Labute approximate surface area is 180 Å². The normalized spacial score (nSPS) is 10.7. The van der Waals surface area contributed by atoms with E-state index in [9.17, 15) is 14.4 Å². The Balaban J connectivity index is 1.87. The second-order valence-corrected chi connectivity index (χ2v) is 6.45. The zero-order valence-corrected chi connectivity index (χ0v) is 17.5. The molecule has 0 aliphatic heterocycles. The van der Waals surface area contributed by atoms with Crippen LogP contribution in [0.2, 0.25) is 0 Å². The van der Waals surface area contributed by atoms with Crippen LogP contribution in [0, 0.1) is 0 Å². The summed E-state index contributed by atoms with van der Waals surface area (Å²) >= 11 is 0. The van der Waals surface area contributed by atoms with Crippen LogP contribution in [-0.2, 0) is 19.2 Å². The first-order valence-corrected chi connectivity index (χ1v) is 9.36. The van der Waals surface area contributed by atoms with Gasteiger partial charge in [-0.3, -0.25) is 4.79 Å². The summed E-state index contributed by atoms with van der Waals surface area (Å²) in [5.41, 5.74) is 0.787. The van der Waals surface area contributed by atoms with E-state index in [1.54, 1.807) is 55.5 Å². The number of rotatable bonds is 10. The van der Waals surface area contributed by atoms with Gasteiger partial charge in [0.1, 0.15) is 36.2 Å². The van der Waals surface area contributed by atoms with Gasteiger partial charge in [-0.15, -0.1) is 0 Å². The van der Waals surface area contributed by atoms with Gasteiger partial charge >= 0.3 is 11.9 Å². The number of benzene rings is 2. The number of hydrogen-bond acceptors (Lipinski definition) is 8. The molecule has 0 spiro atoms.